The summed E-state index contributed by atoms with van der Waals surface area (Å²) in [6.45, 7) is -1.51. The molecule has 1 fully saturated rings. The van der Waals surface area contributed by atoms with Crippen LogP contribution in [0.1, 0.15) is 6.23 Å². The van der Waals surface area contributed by atoms with Crippen LogP contribution in [0.15, 0.2) is 59.5 Å². The largest absolute Gasteiger partial charge is 0.587 e. The third-order valence-corrected chi connectivity index (χ3v) is 7.29. The predicted octanol–water partition coefficient (Wildman–Crippen LogP) is 3.50. The lowest BCUT2D eigenvalue weighted by molar-refractivity contribution is -0.184. The van der Waals surface area contributed by atoms with Gasteiger partial charge in [-0.05, 0) is 48.5 Å². The Morgan fingerprint density at radius 3 is 2.00 bits per heavy atom. The molecule has 0 bridgehead atoms. The summed E-state index contributed by atoms with van der Waals surface area (Å²) >= 11 is 0. The number of alkyl halides is 3. The molecule has 0 saturated carbocycles. The lowest BCUT2D eigenvalue weighted by Crippen LogP contribution is -2.50. The zero-order valence-corrected chi connectivity index (χ0v) is 22.3. The third-order valence-electron chi connectivity index (χ3n) is 5.98. The van der Waals surface area contributed by atoms with Crippen LogP contribution in [-0.2, 0) is 13.8 Å². The highest BCUT2D eigenvalue weighted by Gasteiger charge is 2.63. The maximum Gasteiger partial charge on any atom is 0.587 e. The van der Waals surface area contributed by atoms with E-state index >= 15 is 4.39 Å². The van der Waals surface area contributed by atoms with E-state index in [0.717, 1.165) is 0 Å². The van der Waals surface area contributed by atoms with E-state index in [2.05, 4.69) is 4.98 Å². The van der Waals surface area contributed by atoms with Crippen LogP contribution >= 0.6 is 7.82 Å². The van der Waals surface area contributed by atoms with Gasteiger partial charge >= 0.3 is 13.5 Å². The maximum atomic E-state index is 15.3. The van der Waals surface area contributed by atoms with Gasteiger partial charge in [-0.2, -0.15) is 4.98 Å². The Labute approximate surface area is 229 Å². The first-order valence-electron chi connectivity index (χ1n) is 11.7. The molecular weight excluding hydrogens is 581 g/mol. The number of aliphatic hydroxyl groups is 1. The molecule has 12 nitrogen and oxygen atoms in total. The van der Waals surface area contributed by atoms with E-state index in [1.807, 2.05) is 0 Å². The van der Waals surface area contributed by atoms with Gasteiger partial charge in [0.25, 0.3) is 6.43 Å². The summed E-state index contributed by atoms with van der Waals surface area (Å²) < 4.78 is 103. The fourth-order valence-electron chi connectivity index (χ4n) is 3.79. The SMILES string of the molecule is COc1ccc(OP(=O)(OCC2(C(F)F)OC(n3cc(F)c(N)nc3=O)C(O)C2F)Oc2ccc(OC)cc2)cc1. The number of phosphoric acid groups is 1. The van der Waals surface area contributed by atoms with Crippen molar-refractivity contribution in [1.29, 1.82) is 0 Å². The number of methoxy groups -OCH3 is 2. The Morgan fingerprint density at radius 1 is 1.05 bits per heavy atom. The number of benzene rings is 2. The summed E-state index contributed by atoms with van der Waals surface area (Å²) in [7, 11) is -2.10. The highest BCUT2D eigenvalue weighted by atomic mass is 31.2. The highest BCUT2D eigenvalue weighted by molar-refractivity contribution is 7.49. The van der Waals surface area contributed by atoms with E-state index in [9.17, 15) is 27.6 Å². The van der Waals surface area contributed by atoms with Gasteiger partial charge in [0.2, 0.25) is 0 Å². The number of aromatic nitrogens is 2. The van der Waals surface area contributed by atoms with Gasteiger partial charge in [-0.15, -0.1) is 0 Å². The minimum atomic E-state index is -4.91. The number of hydrogen-bond acceptors (Lipinski definition) is 11. The lowest BCUT2D eigenvalue weighted by Gasteiger charge is -2.30. The zero-order valence-electron chi connectivity index (χ0n) is 21.4. The molecule has 1 saturated heterocycles. The average molecular weight is 605 g/mol. The molecule has 0 amide bonds. The molecule has 41 heavy (non-hydrogen) atoms. The van der Waals surface area contributed by atoms with Crippen molar-refractivity contribution in [2.24, 2.45) is 0 Å². The molecule has 1 aliphatic rings. The van der Waals surface area contributed by atoms with Crippen LogP contribution in [0.3, 0.4) is 0 Å². The Balaban J connectivity index is 1.65. The Kier molecular flexibility index (Phi) is 8.77. The van der Waals surface area contributed by atoms with Gasteiger partial charge in [0.05, 0.1) is 27.0 Å². The van der Waals surface area contributed by atoms with E-state index in [-0.39, 0.29) is 16.1 Å². The monoisotopic (exact) mass is 605 g/mol. The second-order valence-corrected chi connectivity index (χ2v) is 10.1. The summed E-state index contributed by atoms with van der Waals surface area (Å²) in [6.07, 6.45) is -10.9. The lowest BCUT2D eigenvalue weighted by atomic mass is 9.98. The second-order valence-electron chi connectivity index (χ2n) is 8.57. The molecule has 1 aromatic heterocycles. The molecule has 1 aliphatic heterocycles. The normalized spacial score (nSPS) is 22.5. The Bertz CT molecular complexity index is 1410. The van der Waals surface area contributed by atoms with Gasteiger partial charge in [0, 0.05) is 0 Å². The topological polar surface area (TPSA) is 154 Å². The summed E-state index contributed by atoms with van der Waals surface area (Å²) in [5.41, 5.74) is 0.584. The van der Waals surface area contributed by atoms with Crippen molar-refractivity contribution in [2.45, 2.75) is 30.5 Å². The van der Waals surface area contributed by atoms with Crippen LogP contribution in [0.5, 0.6) is 23.0 Å². The first kappa shape index (κ1) is 30.1. The average Bonchev–Trinajstić information content (AvgIpc) is 3.21. The van der Waals surface area contributed by atoms with E-state index in [1.165, 1.54) is 62.8 Å². The number of nitrogens with two attached hydrogens (primary N) is 1. The van der Waals surface area contributed by atoms with Crippen molar-refractivity contribution in [2.75, 3.05) is 26.6 Å². The van der Waals surface area contributed by atoms with E-state index in [4.69, 9.17) is 33.5 Å². The van der Waals surface area contributed by atoms with Crippen molar-refractivity contribution >= 4 is 13.6 Å². The van der Waals surface area contributed by atoms with Gasteiger partial charge in [-0.25, -0.2) is 26.9 Å². The number of halogens is 4. The molecular formula is C24H24F4N3O9P. The Morgan fingerprint density at radius 2 is 1.54 bits per heavy atom. The quantitative estimate of drug-likeness (QED) is 0.244. The number of hydrogen-bond donors (Lipinski definition) is 2. The van der Waals surface area contributed by atoms with Gasteiger partial charge in [-0.3, -0.25) is 9.09 Å². The van der Waals surface area contributed by atoms with Crippen molar-refractivity contribution in [3.8, 4) is 23.0 Å². The molecule has 4 unspecified atom stereocenters. The smallest absolute Gasteiger partial charge is 0.497 e. The van der Waals surface area contributed by atoms with Crippen LogP contribution in [0, 0.1) is 5.82 Å². The number of ether oxygens (including phenoxy) is 3. The van der Waals surface area contributed by atoms with Gasteiger partial charge in [-0.1, -0.05) is 0 Å². The molecule has 0 radical (unpaired) electrons. The summed E-state index contributed by atoms with van der Waals surface area (Å²) in [5.74, 6) is -1.47. The first-order chi connectivity index (χ1) is 19.4. The fourth-order valence-corrected chi connectivity index (χ4v) is 5.05. The van der Waals surface area contributed by atoms with Gasteiger partial charge < -0.3 is 34.1 Å². The Hall–Kier alpha value is -3.85. The summed E-state index contributed by atoms with van der Waals surface area (Å²) in [5, 5.41) is 10.4. The standard InChI is InChI=1S/C24H24F4N3O9P/c1-35-13-3-7-15(8-4-13)39-41(34,40-16-9-5-14(36-2)6-10-16)37-12-24(22(27)28)19(26)18(32)21(38-24)31-11-17(25)20(29)30-23(31)33/h3-11,18-19,21-22,32H,12H2,1-2H3,(H2,29,30,33). The van der Waals surface area contributed by atoms with E-state index in [1.54, 1.807) is 0 Å². The minimum absolute atomic E-state index is 0.106. The summed E-state index contributed by atoms with van der Waals surface area (Å²) in [6, 6.07) is 11.0. The van der Waals surface area contributed by atoms with Crippen LogP contribution < -0.4 is 29.9 Å². The third kappa shape index (κ3) is 6.25. The predicted molar refractivity (Wildman–Crippen MR) is 133 cm³/mol. The number of nitrogens with zero attached hydrogens (tertiary/aromatic N) is 2. The van der Waals surface area contributed by atoms with Crippen LogP contribution in [0.2, 0.25) is 0 Å². The minimum Gasteiger partial charge on any atom is -0.497 e. The van der Waals surface area contributed by atoms with Crippen LogP contribution in [-0.4, -0.2) is 59.8 Å². The van der Waals surface area contributed by atoms with Crippen molar-refractivity contribution in [3.05, 3.63) is 71.0 Å². The molecule has 2 aromatic carbocycles. The fraction of sp³-hybridized carbons (Fsp3) is 0.333. The molecule has 2 heterocycles. The second kappa shape index (κ2) is 11.9. The van der Waals surface area contributed by atoms with Crippen molar-refractivity contribution in [3.63, 3.8) is 0 Å². The van der Waals surface area contributed by atoms with E-state index in [0.29, 0.717) is 17.7 Å². The number of rotatable bonds is 11. The van der Waals surface area contributed by atoms with Crippen LogP contribution in [0.4, 0.5) is 23.4 Å². The van der Waals surface area contributed by atoms with Crippen molar-refractivity contribution in [1.82, 2.24) is 9.55 Å². The van der Waals surface area contributed by atoms with Crippen LogP contribution in [0.25, 0.3) is 0 Å². The zero-order chi connectivity index (χ0) is 29.9. The molecule has 4 atom stereocenters. The molecule has 3 aromatic rings. The summed E-state index contributed by atoms with van der Waals surface area (Å²) in [4.78, 5) is 15.3. The number of anilines is 1. The van der Waals surface area contributed by atoms with Crippen molar-refractivity contribution < 1.29 is 55.0 Å². The molecule has 3 N–H and O–H groups in total. The van der Waals surface area contributed by atoms with E-state index < -0.39 is 62.3 Å². The maximum absolute atomic E-state index is 15.3. The molecule has 17 heteroatoms. The first-order valence-corrected chi connectivity index (χ1v) is 13.1. The molecule has 0 aliphatic carbocycles. The number of aliphatic hydroxyl groups excluding tert-OH is 1. The molecule has 4 rings (SSSR count). The number of phosphoric ester groups is 1. The number of nitrogen functional groups attached to an aromatic ring is 1. The van der Waals surface area contributed by atoms with Gasteiger partial charge in [0.15, 0.2) is 29.6 Å². The van der Waals surface area contributed by atoms with Gasteiger partial charge in [0.1, 0.15) is 29.1 Å². The highest BCUT2D eigenvalue weighted by Crippen LogP contribution is 2.53. The molecule has 0 spiro atoms. The molecule has 222 valence electrons.